The molecular weight excluding hydrogens is 190 g/mol. The molecule has 3 heteroatoms. The van der Waals surface area contributed by atoms with Gasteiger partial charge in [0, 0.05) is 6.54 Å². The van der Waals surface area contributed by atoms with E-state index in [1.807, 2.05) is 19.1 Å². The van der Waals surface area contributed by atoms with E-state index < -0.39 is 0 Å². The lowest BCUT2D eigenvalue weighted by Crippen LogP contribution is -2.18. The molecule has 0 saturated carbocycles. The minimum Gasteiger partial charge on any atom is -0.394 e. The van der Waals surface area contributed by atoms with Crippen LogP contribution in [0.1, 0.15) is 22.8 Å². The van der Waals surface area contributed by atoms with Gasteiger partial charge in [0.05, 0.1) is 19.3 Å². The van der Waals surface area contributed by atoms with Crippen LogP contribution in [0.4, 0.5) is 0 Å². The van der Waals surface area contributed by atoms with Gasteiger partial charge in [0.1, 0.15) is 0 Å². The number of nitrogens with two attached hydrogens (primary N) is 1. The minimum atomic E-state index is -0.113. The van der Waals surface area contributed by atoms with Crippen LogP contribution >= 0.6 is 0 Å². The fourth-order valence-electron chi connectivity index (χ4n) is 1.67. The van der Waals surface area contributed by atoms with Crippen molar-refractivity contribution in [1.82, 2.24) is 0 Å². The summed E-state index contributed by atoms with van der Waals surface area (Å²) in [6, 6.07) is 6.20. The molecule has 15 heavy (non-hydrogen) atoms. The lowest BCUT2D eigenvalue weighted by Gasteiger charge is -2.18. The molecule has 1 aromatic rings. The third-order valence-corrected chi connectivity index (χ3v) is 2.40. The first-order valence-corrected chi connectivity index (χ1v) is 5.18. The van der Waals surface area contributed by atoms with Gasteiger partial charge in [-0.3, -0.25) is 0 Å². The summed E-state index contributed by atoms with van der Waals surface area (Å²) in [4.78, 5) is 0. The molecule has 0 radical (unpaired) electrons. The third-order valence-electron chi connectivity index (χ3n) is 2.40. The van der Waals surface area contributed by atoms with Crippen LogP contribution in [0, 0.1) is 13.8 Å². The molecule has 1 aromatic carbocycles. The van der Waals surface area contributed by atoms with Crippen LogP contribution in [0.3, 0.4) is 0 Å². The maximum atomic E-state index is 8.71. The highest BCUT2D eigenvalue weighted by Gasteiger charge is 2.12. The molecule has 1 atom stereocenters. The first kappa shape index (κ1) is 12.2. The predicted octanol–water partition coefficient (Wildman–Crippen LogP) is 1.31. The van der Waals surface area contributed by atoms with E-state index in [0.717, 1.165) is 5.56 Å². The second kappa shape index (κ2) is 5.85. The topological polar surface area (TPSA) is 55.5 Å². The van der Waals surface area contributed by atoms with E-state index in [1.165, 1.54) is 11.1 Å². The zero-order valence-corrected chi connectivity index (χ0v) is 9.36. The highest BCUT2D eigenvalue weighted by molar-refractivity contribution is 5.32. The first-order chi connectivity index (χ1) is 7.19. The summed E-state index contributed by atoms with van der Waals surface area (Å²) >= 11 is 0. The quantitative estimate of drug-likeness (QED) is 0.768. The average Bonchev–Trinajstić information content (AvgIpc) is 2.21. The maximum absolute atomic E-state index is 8.71. The van der Waals surface area contributed by atoms with Gasteiger partial charge in [0.2, 0.25) is 0 Å². The van der Waals surface area contributed by atoms with Gasteiger partial charge < -0.3 is 15.6 Å². The second-order valence-corrected chi connectivity index (χ2v) is 3.68. The van der Waals surface area contributed by atoms with Crippen molar-refractivity contribution >= 4 is 0 Å². The molecule has 3 N–H and O–H groups in total. The number of hydrogen-bond donors (Lipinski definition) is 2. The van der Waals surface area contributed by atoms with E-state index in [2.05, 4.69) is 13.0 Å². The molecule has 0 heterocycles. The largest absolute Gasteiger partial charge is 0.394 e. The molecule has 0 aliphatic carbocycles. The van der Waals surface area contributed by atoms with Gasteiger partial charge in [0.15, 0.2) is 0 Å². The Morgan fingerprint density at radius 3 is 2.67 bits per heavy atom. The Labute approximate surface area is 90.9 Å². The molecule has 1 rings (SSSR count). The molecule has 0 amide bonds. The second-order valence-electron chi connectivity index (χ2n) is 3.68. The molecule has 0 spiro atoms. The summed E-state index contributed by atoms with van der Waals surface area (Å²) in [6.07, 6.45) is -0.113. The Kier molecular flexibility index (Phi) is 4.75. The molecular formula is C12H19NO2. The van der Waals surface area contributed by atoms with Crippen molar-refractivity contribution in [1.29, 1.82) is 0 Å². The lowest BCUT2D eigenvalue weighted by atomic mass is 10.0. The average molecular weight is 209 g/mol. The maximum Gasteiger partial charge on any atom is 0.0950 e. The third kappa shape index (κ3) is 3.30. The summed E-state index contributed by atoms with van der Waals surface area (Å²) in [5, 5.41) is 8.71. The standard InChI is InChI=1S/C12H19NO2/c1-9-3-4-11(10(2)7-9)12(8-13)15-6-5-14/h3-4,7,12,14H,5-6,8,13H2,1-2H3. The molecule has 84 valence electrons. The molecule has 0 aromatic heterocycles. The number of aryl methyl sites for hydroxylation is 2. The van der Waals surface area contributed by atoms with Crippen LogP contribution in [-0.4, -0.2) is 24.9 Å². The summed E-state index contributed by atoms with van der Waals surface area (Å²) < 4.78 is 5.47. The van der Waals surface area contributed by atoms with Gasteiger partial charge in [-0.25, -0.2) is 0 Å². The van der Waals surface area contributed by atoms with Crippen LogP contribution in [0.25, 0.3) is 0 Å². The Balaban J connectivity index is 2.81. The number of aliphatic hydroxyl groups excluding tert-OH is 1. The van der Waals surface area contributed by atoms with Gasteiger partial charge in [-0.2, -0.15) is 0 Å². The normalized spacial score (nSPS) is 12.8. The Hall–Kier alpha value is -0.900. The van der Waals surface area contributed by atoms with E-state index in [4.69, 9.17) is 15.6 Å². The summed E-state index contributed by atoms with van der Waals surface area (Å²) in [5.74, 6) is 0. The van der Waals surface area contributed by atoms with Crippen LogP contribution in [-0.2, 0) is 4.74 Å². The first-order valence-electron chi connectivity index (χ1n) is 5.18. The van der Waals surface area contributed by atoms with Gasteiger partial charge in [0.25, 0.3) is 0 Å². The lowest BCUT2D eigenvalue weighted by molar-refractivity contribution is 0.0325. The Morgan fingerprint density at radius 1 is 1.40 bits per heavy atom. The summed E-state index contributed by atoms with van der Waals surface area (Å²) in [5.41, 5.74) is 9.17. The smallest absolute Gasteiger partial charge is 0.0950 e. The van der Waals surface area contributed by atoms with Crippen molar-refractivity contribution in [2.75, 3.05) is 19.8 Å². The van der Waals surface area contributed by atoms with Crippen molar-refractivity contribution in [3.63, 3.8) is 0 Å². The molecule has 0 saturated heterocycles. The van der Waals surface area contributed by atoms with E-state index in [-0.39, 0.29) is 12.7 Å². The van der Waals surface area contributed by atoms with E-state index in [9.17, 15) is 0 Å². The summed E-state index contributed by atoms with van der Waals surface area (Å²) in [7, 11) is 0. The molecule has 0 aliphatic heterocycles. The highest BCUT2D eigenvalue weighted by atomic mass is 16.5. The molecule has 1 unspecified atom stereocenters. The number of benzene rings is 1. The summed E-state index contributed by atoms with van der Waals surface area (Å²) in [6.45, 7) is 4.90. The van der Waals surface area contributed by atoms with Crippen LogP contribution in [0.15, 0.2) is 18.2 Å². The van der Waals surface area contributed by atoms with Crippen molar-refractivity contribution in [3.8, 4) is 0 Å². The molecule has 0 bridgehead atoms. The molecule has 3 nitrogen and oxygen atoms in total. The van der Waals surface area contributed by atoms with Crippen molar-refractivity contribution in [2.45, 2.75) is 20.0 Å². The number of hydrogen-bond acceptors (Lipinski definition) is 3. The monoisotopic (exact) mass is 209 g/mol. The number of ether oxygens (including phenoxy) is 1. The van der Waals surface area contributed by atoms with E-state index >= 15 is 0 Å². The van der Waals surface area contributed by atoms with Gasteiger partial charge in [-0.15, -0.1) is 0 Å². The minimum absolute atomic E-state index is 0.0292. The fourth-order valence-corrected chi connectivity index (χ4v) is 1.67. The zero-order chi connectivity index (χ0) is 11.3. The number of aliphatic hydroxyl groups is 1. The van der Waals surface area contributed by atoms with E-state index in [1.54, 1.807) is 0 Å². The van der Waals surface area contributed by atoms with Crippen molar-refractivity contribution in [3.05, 3.63) is 34.9 Å². The zero-order valence-electron chi connectivity index (χ0n) is 9.36. The molecule has 0 fully saturated rings. The molecule has 0 aliphatic rings. The van der Waals surface area contributed by atoms with Gasteiger partial charge >= 0.3 is 0 Å². The fraction of sp³-hybridized carbons (Fsp3) is 0.500. The van der Waals surface area contributed by atoms with E-state index in [0.29, 0.717) is 13.2 Å². The number of rotatable bonds is 5. The van der Waals surface area contributed by atoms with Gasteiger partial charge in [-0.05, 0) is 25.0 Å². The van der Waals surface area contributed by atoms with Crippen molar-refractivity contribution < 1.29 is 9.84 Å². The predicted molar refractivity (Wildman–Crippen MR) is 60.7 cm³/mol. The SMILES string of the molecule is Cc1ccc(C(CN)OCCO)c(C)c1. The Morgan fingerprint density at radius 2 is 2.13 bits per heavy atom. The van der Waals surface area contributed by atoms with Crippen LogP contribution < -0.4 is 5.73 Å². The Bertz CT molecular complexity index is 312. The van der Waals surface area contributed by atoms with Gasteiger partial charge in [-0.1, -0.05) is 23.8 Å². The highest BCUT2D eigenvalue weighted by Crippen LogP contribution is 2.21. The van der Waals surface area contributed by atoms with Crippen molar-refractivity contribution in [2.24, 2.45) is 5.73 Å². The van der Waals surface area contributed by atoms with Crippen LogP contribution in [0.2, 0.25) is 0 Å². The van der Waals surface area contributed by atoms with Crippen LogP contribution in [0.5, 0.6) is 0 Å².